The summed E-state index contributed by atoms with van der Waals surface area (Å²) in [5, 5.41) is 12.7. The summed E-state index contributed by atoms with van der Waals surface area (Å²) in [6.07, 6.45) is 1.90. The number of nitrogens with zero attached hydrogens (tertiary/aromatic N) is 1. The van der Waals surface area contributed by atoms with Crippen molar-refractivity contribution in [2.75, 3.05) is 0 Å². The zero-order chi connectivity index (χ0) is 9.26. The molecule has 0 radical (unpaired) electrons. The molecular weight excluding hydrogens is 164 g/mol. The first kappa shape index (κ1) is 8.26. The molecule has 1 aromatic rings. The van der Waals surface area contributed by atoms with Gasteiger partial charge in [-0.25, -0.2) is 0 Å². The van der Waals surface area contributed by atoms with E-state index < -0.39 is 0 Å². The highest BCUT2D eigenvalue weighted by Crippen LogP contribution is 2.23. The van der Waals surface area contributed by atoms with Crippen molar-refractivity contribution in [2.24, 2.45) is 10.9 Å². The number of benzene rings is 1. The highest BCUT2D eigenvalue weighted by molar-refractivity contribution is 6.04. The van der Waals surface area contributed by atoms with Gasteiger partial charge in [-0.15, -0.1) is 0 Å². The molecule has 0 heterocycles. The minimum absolute atomic E-state index is 0.0996. The van der Waals surface area contributed by atoms with E-state index in [0.717, 1.165) is 29.7 Å². The van der Waals surface area contributed by atoms with E-state index in [4.69, 9.17) is 10.9 Å². The van der Waals surface area contributed by atoms with Gasteiger partial charge in [0.25, 0.3) is 0 Å². The monoisotopic (exact) mass is 176 g/mol. The molecule has 1 aromatic carbocycles. The van der Waals surface area contributed by atoms with Crippen molar-refractivity contribution in [3.8, 4) is 0 Å². The Bertz CT molecular complexity index is 358. The Balaban J connectivity index is 2.46. The van der Waals surface area contributed by atoms with E-state index in [2.05, 4.69) is 5.10 Å². The average molecular weight is 176 g/mol. The third-order valence-electron chi connectivity index (χ3n) is 2.45. The van der Waals surface area contributed by atoms with Gasteiger partial charge in [-0.3, -0.25) is 0 Å². The second-order valence-electron chi connectivity index (χ2n) is 3.23. The average Bonchev–Trinajstić information content (AvgIpc) is 2.59. The molecule has 3 N–H and O–H groups in total. The van der Waals surface area contributed by atoms with Crippen LogP contribution in [0.2, 0.25) is 0 Å². The minimum Gasteiger partial charge on any atom is -0.392 e. The summed E-state index contributed by atoms with van der Waals surface area (Å²) in [5.74, 6) is 5.26. The van der Waals surface area contributed by atoms with Crippen LogP contribution < -0.4 is 5.84 Å². The number of fused-ring (bicyclic) bond motifs is 1. The minimum atomic E-state index is 0.0996. The van der Waals surface area contributed by atoms with E-state index in [0.29, 0.717) is 0 Å². The Kier molecular flexibility index (Phi) is 2.02. The lowest BCUT2D eigenvalue weighted by Gasteiger charge is -2.01. The Morgan fingerprint density at radius 3 is 2.92 bits per heavy atom. The molecule has 68 valence electrons. The first-order valence-corrected chi connectivity index (χ1v) is 4.35. The summed E-state index contributed by atoms with van der Waals surface area (Å²) in [7, 11) is 0. The summed E-state index contributed by atoms with van der Waals surface area (Å²) in [6, 6.07) is 5.92. The van der Waals surface area contributed by atoms with Crippen LogP contribution in [-0.2, 0) is 13.0 Å². The van der Waals surface area contributed by atoms with E-state index in [1.807, 2.05) is 18.2 Å². The number of aliphatic hydroxyl groups is 1. The zero-order valence-electron chi connectivity index (χ0n) is 7.33. The van der Waals surface area contributed by atoms with Crippen LogP contribution in [0.3, 0.4) is 0 Å². The van der Waals surface area contributed by atoms with Crippen LogP contribution >= 0.6 is 0 Å². The zero-order valence-corrected chi connectivity index (χ0v) is 7.33. The van der Waals surface area contributed by atoms with Crippen molar-refractivity contribution in [3.63, 3.8) is 0 Å². The van der Waals surface area contributed by atoms with E-state index >= 15 is 0 Å². The van der Waals surface area contributed by atoms with Crippen molar-refractivity contribution in [2.45, 2.75) is 19.4 Å². The van der Waals surface area contributed by atoms with Crippen molar-refractivity contribution in [3.05, 3.63) is 34.9 Å². The molecule has 0 bridgehead atoms. The molecule has 0 fully saturated rings. The first-order chi connectivity index (χ1) is 6.35. The van der Waals surface area contributed by atoms with E-state index in [9.17, 15) is 0 Å². The van der Waals surface area contributed by atoms with E-state index in [1.54, 1.807) is 0 Å². The van der Waals surface area contributed by atoms with Crippen LogP contribution in [0.15, 0.2) is 23.3 Å². The topological polar surface area (TPSA) is 58.6 Å². The first-order valence-electron chi connectivity index (χ1n) is 4.35. The number of nitrogens with two attached hydrogens (primary N) is 1. The van der Waals surface area contributed by atoms with E-state index in [1.165, 1.54) is 5.56 Å². The van der Waals surface area contributed by atoms with Crippen LogP contribution in [0.1, 0.15) is 23.1 Å². The molecule has 13 heavy (non-hydrogen) atoms. The number of hydrazone groups is 1. The lowest BCUT2D eigenvalue weighted by Crippen LogP contribution is -1.98. The molecule has 0 spiro atoms. The summed E-state index contributed by atoms with van der Waals surface area (Å²) in [4.78, 5) is 0. The van der Waals surface area contributed by atoms with Gasteiger partial charge in [0, 0.05) is 5.56 Å². The summed E-state index contributed by atoms with van der Waals surface area (Å²) in [5.41, 5.74) is 4.31. The van der Waals surface area contributed by atoms with Gasteiger partial charge in [0.05, 0.1) is 12.3 Å². The standard InChI is InChI=1S/C10H12N2O/c11-12-10-4-2-8-5-7(6-13)1-3-9(8)10/h1,3,5,13H,2,4,6,11H2. The van der Waals surface area contributed by atoms with Crippen molar-refractivity contribution in [1.82, 2.24) is 0 Å². The number of rotatable bonds is 1. The second kappa shape index (κ2) is 3.18. The SMILES string of the molecule is NN=C1CCc2cc(CO)ccc21. The summed E-state index contributed by atoms with van der Waals surface area (Å²) < 4.78 is 0. The molecule has 3 heteroatoms. The predicted molar refractivity (Wildman–Crippen MR) is 51.4 cm³/mol. The van der Waals surface area contributed by atoms with Gasteiger partial charge in [-0.1, -0.05) is 18.2 Å². The molecule has 0 aromatic heterocycles. The second-order valence-corrected chi connectivity index (χ2v) is 3.23. The number of aryl methyl sites for hydroxylation is 1. The van der Waals surface area contributed by atoms with Crippen LogP contribution in [-0.4, -0.2) is 10.8 Å². The highest BCUT2D eigenvalue weighted by Gasteiger charge is 2.17. The van der Waals surface area contributed by atoms with E-state index in [-0.39, 0.29) is 6.61 Å². The van der Waals surface area contributed by atoms with Crippen molar-refractivity contribution in [1.29, 1.82) is 0 Å². The molecule has 1 aliphatic carbocycles. The highest BCUT2D eigenvalue weighted by atomic mass is 16.3. The quantitative estimate of drug-likeness (QED) is 0.491. The Morgan fingerprint density at radius 2 is 2.23 bits per heavy atom. The van der Waals surface area contributed by atoms with Gasteiger partial charge in [-0.2, -0.15) is 5.10 Å². The van der Waals surface area contributed by atoms with Crippen molar-refractivity contribution >= 4 is 5.71 Å². The molecule has 0 atom stereocenters. The molecule has 0 aliphatic heterocycles. The van der Waals surface area contributed by atoms with Gasteiger partial charge in [0.1, 0.15) is 0 Å². The van der Waals surface area contributed by atoms with Gasteiger partial charge in [-0.05, 0) is 24.0 Å². The third kappa shape index (κ3) is 1.31. The largest absolute Gasteiger partial charge is 0.392 e. The maximum absolute atomic E-state index is 8.94. The lowest BCUT2D eigenvalue weighted by atomic mass is 10.1. The molecule has 0 amide bonds. The molecule has 0 saturated heterocycles. The molecule has 3 nitrogen and oxygen atoms in total. The molecular formula is C10H12N2O. The van der Waals surface area contributed by atoms with Gasteiger partial charge >= 0.3 is 0 Å². The number of hydrogen-bond donors (Lipinski definition) is 2. The molecule has 2 rings (SSSR count). The van der Waals surface area contributed by atoms with Crippen LogP contribution in [0.25, 0.3) is 0 Å². The summed E-state index contributed by atoms with van der Waals surface area (Å²) in [6.45, 7) is 0.0996. The van der Waals surface area contributed by atoms with Gasteiger partial charge < -0.3 is 10.9 Å². The lowest BCUT2D eigenvalue weighted by molar-refractivity contribution is 0.282. The fraction of sp³-hybridized carbons (Fsp3) is 0.300. The van der Waals surface area contributed by atoms with Crippen LogP contribution in [0.4, 0.5) is 0 Å². The molecule has 0 saturated carbocycles. The number of hydrogen-bond acceptors (Lipinski definition) is 3. The van der Waals surface area contributed by atoms with Gasteiger partial charge in [0.15, 0.2) is 0 Å². The van der Waals surface area contributed by atoms with Gasteiger partial charge in [0.2, 0.25) is 0 Å². The molecule has 1 aliphatic rings. The summed E-state index contributed by atoms with van der Waals surface area (Å²) >= 11 is 0. The third-order valence-corrected chi connectivity index (χ3v) is 2.45. The Morgan fingerprint density at radius 1 is 1.38 bits per heavy atom. The number of aliphatic hydroxyl groups excluding tert-OH is 1. The maximum Gasteiger partial charge on any atom is 0.0681 e. The Hall–Kier alpha value is -1.35. The predicted octanol–water partition coefficient (Wildman–Crippen LogP) is 0.788. The fourth-order valence-corrected chi connectivity index (χ4v) is 1.76. The van der Waals surface area contributed by atoms with Crippen molar-refractivity contribution < 1.29 is 5.11 Å². The fourth-order valence-electron chi connectivity index (χ4n) is 1.76. The maximum atomic E-state index is 8.94. The molecule has 0 unspecified atom stereocenters. The smallest absolute Gasteiger partial charge is 0.0681 e. The Labute approximate surface area is 76.9 Å². The normalized spacial score (nSPS) is 17.8. The van der Waals surface area contributed by atoms with Crippen LogP contribution in [0.5, 0.6) is 0 Å². The van der Waals surface area contributed by atoms with Crippen LogP contribution in [0, 0.1) is 0 Å².